The molecule has 2 aliphatic rings. The van der Waals surface area contributed by atoms with Crippen molar-refractivity contribution in [1.82, 2.24) is 19.7 Å². The molecular weight excluding hydrogens is 316 g/mol. The molecule has 1 saturated heterocycles. The summed E-state index contributed by atoms with van der Waals surface area (Å²) in [4.78, 5) is 14.9. The van der Waals surface area contributed by atoms with Crippen molar-refractivity contribution < 1.29 is 9.53 Å². The topological polar surface area (TPSA) is 60.2 Å². The van der Waals surface area contributed by atoms with E-state index < -0.39 is 0 Å². The summed E-state index contributed by atoms with van der Waals surface area (Å²) in [5.74, 6) is 2.17. The highest BCUT2D eigenvalue weighted by atomic mass is 16.5. The monoisotopic (exact) mass is 340 g/mol. The number of hydrogen-bond donors (Lipinski definition) is 0. The van der Waals surface area contributed by atoms with Crippen molar-refractivity contribution in [3.05, 3.63) is 47.5 Å². The fraction of sp³-hybridized carbons (Fsp3) is 0.526. The van der Waals surface area contributed by atoms with Crippen LogP contribution in [0.3, 0.4) is 0 Å². The number of aryl methyl sites for hydroxylation is 1. The Morgan fingerprint density at radius 1 is 1.24 bits per heavy atom. The molecule has 1 atom stereocenters. The van der Waals surface area contributed by atoms with Crippen molar-refractivity contribution in [3.63, 3.8) is 0 Å². The van der Waals surface area contributed by atoms with Crippen molar-refractivity contribution in [2.75, 3.05) is 19.8 Å². The fourth-order valence-corrected chi connectivity index (χ4v) is 3.55. The maximum absolute atomic E-state index is 12.6. The van der Waals surface area contributed by atoms with Crippen molar-refractivity contribution >= 4 is 5.78 Å². The highest BCUT2D eigenvalue weighted by molar-refractivity contribution is 5.96. The molecule has 1 aliphatic carbocycles. The average Bonchev–Trinajstić information content (AvgIpc) is 3.41. The van der Waals surface area contributed by atoms with Crippen LogP contribution in [0.4, 0.5) is 0 Å². The summed E-state index contributed by atoms with van der Waals surface area (Å²) in [5.41, 5.74) is 0.769. The van der Waals surface area contributed by atoms with E-state index in [2.05, 4.69) is 19.7 Å². The van der Waals surface area contributed by atoms with Crippen LogP contribution in [0, 0.1) is 6.92 Å². The van der Waals surface area contributed by atoms with Crippen LogP contribution < -0.4 is 0 Å². The first-order valence-electron chi connectivity index (χ1n) is 9.03. The maximum Gasteiger partial charge on any atom is 0.164 e. The highest BCUT2D eigenvalue weighted by Gasteiger charge is 2.31. The zero-order chi connectivity index (χ0) is 17.2. The van der Waals surface area contributed by atoms with E-state index >= 15 is 0 Å². The minimum Gasteiger partial charge on any atom is -0.378 e. The van der Waals surface area contributed by atoms with Gasteiger partial charge in [-0.15, -0.1) is 10.2 Å². The van der Waals surface area contributed by atoms with Gasteiger partial charge in [0.1, 0.15) is 11.6 Å². The van der Waals surface area contributed by atoms with Crippen LogP contribution in [0.2, 0.25) is 0 Å². The van der Waals surface area contributed by atoms with Gasteiger partial charge in [0.2, 0.25) is 0 Å². The summed E-state index contributed by atoms with van der Waals surface area (Å²) < 4.78 is 7.91. The number of nitrogens with zero attached hydrogens (tertiary/aromatic N) is 4. The Bertz CT molecular complexity index is 739. The van der Waals surface area contributed by atoms with Crippen LogP contribution in [0.15, 0.2) is 30.3 Å². The van der Waals surface area contributed by atoms with Gasteiger partial charge in [0.15, 0.2) is 5.78 Å². The third kappa shape index (κ3) is 3.65. The molecule has 1 saturated carbocycles. The largest absolute Gasteiger partial charge is 0.378 e. The molecule has 2 aromatic rings. The first-order chi connectivity index (χ1) is 12.2. The SMILES string of the molecule is Cc1nnc(CN2CCOC[C@H]2CC(=O)c2ccccc2)n1C1CC1. The number of ether oxygens (including phenoxy) is 1. The molecule has 0 N–H and O–H groups in total. The van der Waals surface area contributed by atoms with Gasteiger partial charge in [-0.3, -0.25) is 9.69 Å². The van der Waals surface area contributed by atoms with Gasteiger partial charge >= 0.3 is 0 Å². The molecule has 6 nitrogen and oxygen atoms in total. The Balaban J connectivity index is 1.47. The lowest BCUT2D eigenvalue weighted by Gasteiger charge is -2.35. The van der Waals surface area contributed by atoms with E-state index in [0.29, 0.717) is 25.7 Å². The third-order valence-electron chi connectivity index (χ3n) is 5.06. The second-order valence-corrected chi connectivity index (χ2v) is 6.96. The van der Waals surface area contributed by atoms with Crippen LogP contribution in [-0.2, 0) is 11.3 Å². The molecule has 25 heavy (non-hydrogen) atoms. The first-order valence-corrected chi connectivity index (χ1v) is 9.03. The summed E-state index contributed by atoms with van der Waals surface area (Å²) >= 11 is 0. The van der Waals surface area contributed by atoms with Crippen molar-refractivity contribution in [2.45, 2.75) is 44.8 Å². The highest BCUT2D eigenvalue weighted by Crippen LogP contribution is 2.36. The molecule has 0 amide bonds. The molecule has 0 spiro atoms. The van der Waals surface area contributed by atoms with Crippen LogP contribution in [0.25, 0.3) is 0 Å². The molecule has 132 valence electrons. The summed E-state index contributed by atoms with van der Waals surface area (Å²) in [5, 5.41) is 8.65. The van der Waals surface area contributed by atoms with Crippen molar-refractivity contribution in [2.24, 2.45) is 0 Å². The van der Waals surface area contributed by atoms with Gasteiger partial charge < -0.3 is 9.30 Å². The van der Waals surface area contributed by atoms with Gasteiger partial charge in [-0.2, -0.15) is 0 Å². The van der Waals surface area contributed by atoms with Gasteiger partial charge in [-0.05, 0) is 19.8 Å². The van der Waals surface area contributed by atoms with E-state index in [-0.39, 0.29) is 11.8 Å². The van der Waals surface area contributed by atoms with Crippen LogP contribution >= 0.6 is 0 Å². The van der Waals surface area contributed by atoms with Crippen LogP contribution in [-0.4, -0.2) is 51.2 Å². The number of rotatable bonds is 6. The molecular formula is C19H24N4O2. The molecule has 4 rings (SSSR count). The van der Waals surface area contributed by atoms with Crippen molar-refractivity contribution in [3.8, 4) is 0 Å². The smallest absolute Gasteiger partial charge is 0.164 e. The van der Waals surface area contributed by atoms with Crippen LogP contribution in [0.1, 0.15) is 47.3 Å². The van der Waals surface area contributed by atoms with E-state index in [1.54, 1.807) is 0 Å². The summed E-state index contributed by atoms with van der Waals surface area (Å²) in [6.45, 7) is 4.86. The predicted molar refractivity (Wildman–Crippen MR) is 93.4 cm³/mol. The minimum absolute atomic E-state index is 0.0890. The molecule has 0 unspecified atom stereocenters. The number of benzene rings is 1. The van der Waals surface area contributed by atoms with E-state index in [9.17, 15) is 4.79 Å². The van der Waals surface area contributed by atoms with Gasteiger partial charge in [0.05, 0.1) is 19.8 Å². The molecule has 0 radical (unpaired) electrons. The summed E-state index contributed by atoms with van der Waals surface area (Å²) in [6.07, 6.45) is 2.90. The quantitative estimate of drug-likeness (QED) is 0.756. The maximum atomic E-state index is 12.6. The lowest BCUT2D eigenvalue weighted by atomic mass is 10.0. The molecule has 1 aliphatic heterocycles. The van der Waals surface area contributed by atoms with E-state index in [1.807, 2.05) is 37.3 Å². The normalized spacial score (nSPS) is 21.4. The Morgan fingerprint density at radius 3 is 2.80 bits per heavy atom. The standard InChI is InChI=1S/C19H24N4O2/c1-14-20-21-19(23(14)16-7-8-16)12-22-9-10-25-13-17(22)11-18(24)15-5-3-2-4-6-15/h2-6,16-17H,7-13H2,1H3/t17-/m1/s1. The minimum atomic E-state index is 0.0890. The number of carbonyl (C=O) groups is 1. The molecule has 1 aromatic carbocycles. The predicted octanol–water partition coefficient (Wildman–Crippen LogP) is 2.40. The van der Waals surface area contributed by atoms with E-state index in [0.717, 1.165) is 30.3 Å². The van der Waals surface area contributed by atoms with E-state index in [4.69, 9.17) is 4.74 Å². The molecule has 1 aromatic heterocycles. The van der Waals surface area contributed by atoms with Gasteiger partial charge in [0, 0.05) is 30.6 Å². The Morgan fingerprint density at radius 2 is 2.04 bits per heavy atom. The lowest BCUT2D eigenvalue weighted by molar-refractivity contribution is -0.0141. The molecule has 2 heterocycles. The number of aromatic nitrogens is 3. The number of hydrogen-bond acceptors (Lipinski definition) is 5. The fourth-order valence-electron chi connectivity index (χ4n) is 3.55. The number of Topliss-reactive ketones (excluding diaryl/α,β-unsaturated/α-hetero) is 1. The van der Waals surface area contributed by atoms with Crippen molar-refractivity contribution in [1.29, 1.82) is 0 Å². The molecule has 0 bridgehead atoms. The Kier molecular flexibility index (Phi) is 4.63. The third-order valence-corrected chi connectivity index (χ3v) is 5.06. The second kappa shape index (κ2) is 7.06. The van der Waals surface area contributed by atoms with Gasteiger partial charge in [-0.25, -0.2) is 0 Å². The first kappa shape index (κ1) is 16.4. The molecule has 6 heteroatoms. The number of morpholine rings is 1. The Hall–Kier alpha value is -2.05. The lowest BCUT2D eigenvalue weighted by Crippen LogP contribution is -2.46. The number of carbonyl (C=O) groups excluding carboxylic acids is 1. The molecule has 2 fully saturated rings. The van der Waals surface area contributed by atoms with E-state index in [1.165, 1.54) is 12.8 Å². The van der Waals surface area contributed by atoms with Gasteiger partial charge in [-0.1, -0.05) is 30.3 Å². The average molecular weight is 340 g/mol. The number of ketones is 1. The van der Waals surface area contributed by atoms with Gasteiger partial charge in [0.25, 0.3) is 0 Å². The second-order valence-electron chi connectivity index (χ2n) is 6.96. The van der Waals surface area contributed by atoms with Crippen LogP contribution in [0.5, 0.6) is 0 Å². The zero-order valence-electron chi connectivity index (χ0n) is 14.6. The Labute approximate surface area is 147 Å². The summed E-state index contributed by atoms with van der Waals surface area (Å²) in [7, 11) is 0. The summed E-state index contributed by atoms with van der Waals surface area (Å²) in [6, 6.07) is 10.2. The zero-order valence-corrected chi connectivity index (χ0v) is 14.6.